The van der Waals surface area contributed by atoms with Gasteiger partial charge in [0.1, 0.15) is 13.2 Å². The van der Waals surface area contributed by atoms with Gasteiger partial charge in [-0.15, -0.1) is 0 Å². The number of methoxy groups -OCH3 is 1. The monoisotopic (exact) mass is 431 g/mol. The molecule has 0 aliphatic rings. The standard InChI is InChI=1S/C27H29NO4/c1-3-4-5-8-17-32-25-14-11-21(18-26(25)31-2)15-16-28(27(30)20-29)24-13-12-22-9-6-7-10-23(22)19-24/h6-7,9-14,18-19,29H,3-4,15-17,20H2,1-2H3. The van der Waals surface area contributed by atoms with Crippen LogP contribution in [0.4, 0.5) is 5.69 Å². The summed E-state index contributed by atoms with van der Waals surface area (Å²) in [6.07, 6.45) is 2.49. The fraction of sp³-hybridized carbons (Fsp3) is 0.296. The van der Waals surface area contributed by atoms with E-state index in [2.05, 4.69) is 18.8 Å². The van der Waals surface area contributed by atoms with Gasteiger partial charge in [0.05, 0.1) is 7.11 Å². The summed E-state index contributed by atoms with van der Waals surface area (Å²) < 4.78 is 11.2. The van der Waals surface area contributed by atoms with Gasteiger partial charge in [-0.1, -0.05) is 55.2 Å². The number of aliphatic hydroxyl groups excluding tert-OH is 1. The Morgan fingerprint density at radius 2 is 1.81 bits per heavy atom. The fourth-order valence-electron chi connectivity index (χ4n) is 3.43. The second-order valence-corrected chi connectivity index (χ2v) is 7.36. The van der Waals surface area contributed by atoms with Gasteiger partial charge >= 0.3 is 0 Å². The maximum Gasteiger partial charge on any atom is 0.252 e. The van der Waals surface area contributed by atoms with E-state index in [1.165, 1.54) is 0 Å². The van der Waals surface area contributed by atoms with Gasteiger partial charge in [0.2, 0.25) is 0 Å². The zero-order chi connectivity index (χ0) is 22.8. The second-order valence-electron chi connectivity index (χ2n) is 7.36. The fourth-order valence-corrected chi connectivity index (χ4v) is 3.43. The van der Waals surface area contributed by atoms with E-state index in [0.29, 0.717) is 31.1 Å². The normalized spacial score (nSPS) is 10.3. The Balaban J connectivity index is 1.72. The molecule has 0 radical (unpaired) electrons. The molecule has 3 aromatic carbocycles. The molecule has 3 rings (SSSR count). The molecule has 0 saturated carbocycles. The third kappa shape index (κ3) is 6.03. The quantitative estimate of drug-likeness (QED) is 0.503. The molecule has 0 unspecified atom stereocenters. The first-order valence-electron chi connectivity index (χ1n) is 10.8. The van der Waals surface area contributed by atoms with Crippen LogP contribution < -0.4 is 14.4 Å². The number of nitrogens with zero attached hydrogens (tertiary/aromatic N) is 1. The van der Waals surface area contributed by atoms with E-state index in [0.717, 1.165) is 34.9 Å². The highest BCUT2D eigenvalue weighted by Crippen LogP contribution is 2.29. The zero-order valence-electron chi connectivity index (χ0n) is 18.6. The molecule has 0 spiro atoms. The molecule has 5 nitrogen and oxygen atoms in total. The SMILES string of the molecule is CCCC#CCOc1ccc(CCN(C(=O)CO)c2ccc3ccccc3c2)cc1OC. The van der Waals surface area contributed by atoms with E-state index in [1.54, 1.807) is 12.0 Å². The average molecular weight is 432 g/mol. The number of fused-ring (bicyclic) bond motifs is 1. The Kier molecular flexibility index (Phi) is 8.53. The molecule has 32 heavy (non-hydrogen) atoms. The van der Waals surface area contributed by atoms with Crippen LogP contribution in [-0.2, 0) is 11.2 Å². The topological polar surface area (TPSA) is 59.0 Å². The number of hydrogen-bond acceptors (Lipinski definition) is 4. The zero-order valence-corrected chi connectivity index (χ0v) is 18.6. The van der Waals surface area contributed by atoms with Gasteiger partial charge in [-0.05, 0) is 53.4 Å². The van der Waals surface area contributed by atoms with Crippen molar-refractivity contribution in [1.82, 2.24) is 0 Å². The summed E-state index contributed by atoms with van der Waals surface area (Å²) in [5, 5.41) is 11.6. The highest BCUT2D eigenvalue weighted by Gasteiger charge is 2.16. The van der Waals surface area contributed by atoms with Crippen LogP contribution in [0.15, 0.2) is 60.7 Å². The number of unbranched alkanes of at least 4 members (excludes halogenated alkanes) is 1. The lowest BCUT2D eigenvalue weighted by molar-refractivity contribution is -0.121. The Morgan fingerprint density at radius 1 is 1.00 bits per heavy atom. The molecule has 166 valence electrons. The summed E-state index contributed by atoms with van der Waals surface area (Å²) in [6.45, 7) is 2.30. The van der Waals surface area contributed by atoms with Crippen LogP contribution >= 0.6 is 0 Å². The van der Waals surface area contributed by atoms with Crippen molar-refractivity contribution in [3.8, 4) is 23.3 Å². The number of aliphatic hydroxyl groups is 1. The van der Waals surface area contributed by atoms with E-state index in [9.17, 15) is 9.90 Å². The van der Waals surface area contributed by atoms with Crippen LogP contribution in [0, 0.1) is 11.8 Å². The highest BCUT2D eigenvalue weighted by atomic mass is 16.5. The first kappa shape index (κ1) is 23.2. The molecule has 0 atom stereocenters. The minimum absolute atomic E-state index is 0.316. The van der Waals surface area contributed by atoms with Gasteiger partial charge in [0.15, 0.2) is 11.5 Å². The van der Waals surface area contributed by atoms with Crippen molar-refractivity contribution in [2.24, 2.45) is 0 Å². The first-order valence-corrected chi connectivity index (χ1v) is 10.8. The summed E-state index contributed by atoms with van der Waals surface area (Å²) >= 11 is 0. The summed E-state index contributed by atoms with van der Waals surface area (Å²) in [5.74, 6) is 6.98. The lowest BCUT2D eigenvalue weighted by Gasteiger charge is -2.23. The Hall–Kier alpha value is -3.49. The number of carbonyl (C=O) groups is 1. The Bertz CT molecular complexity index is 1110. The molecular formula is C27H29NO4. The minimum Gasteiger partial charge on any atom is -0.493 e. The molecule has 0 aliphatic heterocycles. The maximum absolute atomic E-state index is 12.5. The van der Waals surface area contributed by atoms with Crippen LogP contribution in [0.2, 0.25) is 0 Å². The maximum atomic E-state index is 12.5. The molecule has 0 bridgehead atoms. The molecule has 1 N–H and O–H groups in total. The lowest BCUT2D eigenvalue weighted by atomic mass is 10.1. The number of ether oxygens (including phenoxy) is 2. The lowest BCUT2D eigenvalue weighted by Crippen LogP contribution is -2.35. The van der Waals surface area contributed by atoms with Gasteiger partial charge in [-0.3, -0.25) is 4.79 Å². The number of benzene rings is 3. The predicted molar refractivity (Wildman–Crippen MR) is 128 cm³/mol. The summed E-state index contributed by atoms with van der Waals surface area (Å²) in [4.78, 5) is 14.1. The Morgan fingerprint density at radius 3 is 2.56 bits per heavy atom. The summed E-state index contributed by atoms with van der Waals surface area (Å²) in [6, 6.07) is 19.6. The van der Waals surface area contributed by atoms with Crippen molar-refractivity contribution < 1.29 is 19.4 Å². The van der Waals surface area contributed by atoms with Crippen molar-refractivity contribution in [3.63, 3.8) is 0 Å². The largest absolute Gasteiger partial charge is 0.493 e. The number of carbonyl (C=O) groups excluding carboxylic acids is 1. The molecule has 0 aromatic heterocycles. The summed E-state index contributed by atoms with van der Waals surface area (Å²) in [5.41, 5.74) is 1.77. The molecule has 0 aliphatic carbocycles. The van der Waals surface area contributed by atoms with E-state index in [1.807, 2.05) is 60.7 Å². The molecular weight excluding hydrogens is 402 g/mol. The van der Waals surface area contributed by atoms with Gasteiger partial charge in [0.25, 0.3) is 5.91 Å². The van der Waals surface area contributed by atoms with Crippen LogP contribution in [0.3, 0.4) is 0 Å². The molecule has 5 heteroatoms. The summed E-state index contributed by atoms with van der Waals surface area (Å²) in [7, 11) is 1.60. The van der Waals surface area contributed by atoms with Crippen LogP contribution in [0.1, 0.15) is 25.3 Å². The number of rotatable bonds is 9. The van der Waals surface area contributed by atoms with Crippen molar-refractivity contribution in [2.45, 2.75) is 26.2 Å². The second kappa shape index (κ2) is 11.8. The van der Waals surface area contributed by atoms with Gasteiger partial charge < -0.3 is 19.5 Å². The molecule has 0 saturated heterocycles. The number of amides is 1. The van der Waals surface area contributed by atoms with E-state index < -0.39 is 6.61 Å². The van der Waals surface area contributed by atoms with Crippen molar-refractivity contribution >= 4 is 22.4 Å². The van der Waals surface area contributed by atoms with Gasteiger partial charge in [-0.2, -0.15) is 0 Å². The van der Waals surface area contributed by atoms with Crippen molar-refractivity contribution in [1.29, 1.82) is 0 Å². The van der Waals surface area contributed by atoms with Crippen LogP contribution in [-0.4, -0.2) is 37.9 Å². The van der Waals surface area contributed by atoms with E-state index in [-0.39, 0.29) is 5.91 Å². The molecule has 0 fully saturated rings. The third-order valence-electron chi connectivity index (χ3n) is 5.13. The van der Waals surface area contributed by atoms with Crippen molar-refractivity contribution in [3.05, 3.63) is 66.2 Å². The van der Waals surface area contributed by atoms with Crippen molar-refractivity contribution in [2.75, 3.05) is 31.8 Å². The van der Waals surface area contributed by atoms with E-state index in [4.69, 9.17) is 9.47 Å². The molecule has 0 heterocycles. The predicted octanol–water partition coefficient (Wildman–Crippen LogP) is 4.60. The molecule has 1 amide bonds. The first-order chi connectivity index (χ1) is 15.7. The smallest absolute Gasteiger partial charge is 0.252 e. The number of anilines is 1. The van der Waals surface area contributed by atoms with Gasteiger partial charge in [0, 0.05) is 18.7 Å². The minimum atomic E-state index is -0.540. The van der Waals surface area contributed by atoms with Crippen LogP contribution in [0.5, 0.6) is 11.5 Å². The van der Waals surface area contributed by atoms with E-state index >= 15 is 0 Å². The Labute approximate surface area is 189 Å². The highest BCUT2D eigenvalue weighted by molar-refractivity contribution is 5.97. The average Bonchev–Trinajstić information content (AvgIpc) is 2.84. The van der Waals surface area contributed by atoms with Gasteiger partial charge in [-0.25, -0.2) is 0 Å². The third-order valence-corrected chi connectivity index (χ3v) is 5.13. The van der Waals surface area contributed by atoms with Crippen LogP contribution in [0.25, 0.3) is 10.8 Å². The number of hydrogen-bond donors (Lipinski definition) is 1. The molecule has 3 aromatic rings.